The van der Waals surface area contributed by atoms with Crippen molar-refractivity contribution in [3.63, 3.8) is 0 Å². The van der Waals surface area contributed by atoms with Gasteiger partial charge in [0, 0.05) is 6.07 Å². The molecule has 0 unspecified atom stereocenters. The Hall–Kier alpha value is -2.66. The number of alkyl halides is 5. The first-order valence-corrected chi connectivity index (χ1v) is 8.52. The molecule has 12 heteroatoms. The van der Waals surface area contributed by atoms with Crippen LogP contribution in [0.3, 0.4) is 0 Å². The van der Waals surface area contributed by atoms with Gasteiger partial charge < -0.3 is 20.7 Å². The zero-order valence-corrected chi connectivity index (χ0v) is 15.9. The van der Waals surface area contributed by atoms with Crippen LogP contribution in [-0.4, -0.2) is 54.6 Å². The molecule has 7 nitrogen and oxygen atoms in total. The van der Waals surface area contributed by atoms with Crippen molar-refractivity contribution in [1.29, 1.82) is 0 Å². The van der Waals surface area contributed by atoms with Crippen molar-refractivity contribution >= 4 is 17.5 Å². The topological polar surface area (TPSA) is 97.6 Å². The van der Waals surface area contributed by atoms with Gasteiger partial charge in [-0.3, -0.25) is 9.59 Å². The lowest BCUT2D eigenvalue weighted by Gasteiger charge is -2.40. The van der Waals surface area contributed by atoms with Crippen LogP contribution in [0, 0.1) is 5.41 Å². The lowest BCUT2D eigenvalue weighted by Crippen LogP contribution is -2.56. The first kappa shape index (κ1) is 22.6. The normalized spacial score (nSPS) is 17.3. The standard InChI is InChI=1S/C17H21F5N4O3/c1-15(2,3)12(13(23)27)25-14(28)11-10(29-8-17(20,21)22)4-9(5-24-11)26-6-16(18,19)7-26/h4-5,12H,6-8H2,1-3H3,(H2,23,27)(H,25,28)/t12-/m1/s1. The molecule has 3 N–H and O–H groups in total. The number of nitrogens with two attached hydrogens (primary N) is 1. The molecular weight excluding hydrogens is 403 g/mol. The van der Waals surface area contributed by atoms with Gasteiger partial charge in [-0.05, 0) is 5.41 Å². The third-order valence-electron chi connectivity index (χ3n) is 4.08. The summed E-state index contributed by atoms with van der Waals surface area (Å²) in [4.78, 5) is 29.1. The molecule has 1 aromatic rings. The Morgan fingerprint density at radius 2 is 1.90 bits per heavy atom. The lowest BCUT2D eigenvalue weighted by molar-refractivity contribution is -0.153. The molecule has 2 amide bonds. The summed E-state index contributed by atoms with van der Waals surface area (Å²) in [6.07, 6.45) is -3.63. The van der Waals surface area contributed by atoms with Gasteiger partial charge in [-0.25, -0.2) is 13.8 Å². The summed E-state index contributed by atoms with van der Waals surface area (Å²) in [5, 5.41) is 2.33. The minimum absolute atomic E-state index is 0.0759. The van der Waals surface area contributed by atoms with E-state index in [0.717, 1.165) is 12.3 Å². The number of aromatic nitrogens is 1. The SMILES string of the molecule is CC(C)(C)[C@H](NC(=O)c1ncc(N2CC(F)(F)C2)cc1OCC(F)(F)F)C(N)=O. The van der Waals surface area contributed by atoms with Crippen molar-refractivity contribution in [2.75, 3.05) is 24.6 Å². The van der Waals surface area contributed by atoms with Gasteiger partial charge in [0.15, 0.2) is 18.1 Å². The number of carbonyl (C=O) groups is 2. The molecule has 2 rings (SSSR count). The number of carbonyl (C=O) groups excluding carboxylic acids is 2. The Labute approximate surface area is 163 Å². The first-order valence-electron chi connectivity index (χ1n) is 8.52. The smallest absolute Gasteiger partial charge is 0.422 e. The van der Waals surface area contributed by atoms with E-state index in [1.165, 1.54) is 4.90 Å². The predicted octanol–water partition coefficient (Wildman–Crippen LogP) is 2.11. The molecule has 29 heavy (non-hydrogen) atoms. The van der Waals surface area contributed by atoms with Crippen LogP contribution >= 0.6 is 0 Å². The van der Waals surface area contributed by atoms with Crippen molar-refractivity contribution in [3.05, 3.63) is 18.0 Å². The number of hydrogen-bond acceptors (Lipinski definition) is 5. The predicted molar refractivity (Wildman–Crippen MR) is 92.9 cm³/mol. The third-order valence-corrected chi connectivity index (χ3v) is 4.08. The second kappa shape index (κ2) is 7.64. The third kappa shape index (κ3) is 5.91. The highest BCUT2D eigenvalue weighted by Gasteiger charge is 2.44. The van der Waals surface area contributed by atoms with Crippen LogP contribution in [-0.2, 0) is 4.79 Å². The molecular formula is C17H21F5N4O3. The molecule has 1 saturated heterocycles. The number of hydrogen-bond donors (Lipinski definition) is 2. The molecule has 0 radical (unpaired) electrons. The minimum atomic E-state index is -4.70. The number of pyridine rings is 1. The largest absolute Gasteiger partial charge is 0.482 e. The number of nitrogens with zero attached hydrogens (tertiary/aromatic N) is 2. The van der Waals surface area contributed by atoms with Gasteiger partial charge in [-0.2, -0.15) is 13.2 Å². The fraction of sp³-hybridized carbons (Fsp3) is 0.588. The molecule has 0 bridgehead atoms. The van der Waals surface area contributed by atoms with Gasteiger partial charge in [-0.1, -0.05) is 20.8 Å². The highest BCUT2D eigenvalue weighted by atomic mass is 19.4. The molecule has 1 atom stereocenters. The molecule has 0 saturated carbocycles. The second-order valence-corrected chi connectivity index (χ2v) is 7.83. The summed E-state index contributed by atoms with van der Waals surface area (Å²) in [5.41, 5.74) is 4.05. The van der Waals surface area contributed by atoms with Crippen molar-refractivity contribution in [1.82, 2.24) is 10.3 Å². The quantitative estimate of drug-likeness (QED) is 0.682. The van der Waals surface area contributed by atoms with E-state index in [0.29, 0.717) is 0 Å². The Morgan fingerprint density at radius 3 is 2.34 bits per heavy atom. The van der Waals surface area contributed by atoms with E-state index in [4.69, 9.17) is 5.73 Å². The lowest BCUT2D eigenvalue weighted by atomic mass is 9.86. The van der Waals surface area contributed by atoms with Crippen LogP contribution in [0.4, 0.5) is 27.6 Å². The molecule has 0 aromatic carbocycles. The van der Waals surface area contributed by atoms with E-state index in [1.54, 1.807) is 20.8 Å². The highest BCUT2D eigenvalue weighted by molar-refractivity contribution is 5.98. The Kier molecular flexibility index (Phi) is 5.96. The maximum absolute atomic E-state index is 13.1. The van der Waals surface area contributed by atoms with Crippen LogP contribution in [0.25, 0.3) is 0 Å². The van der Waals surface area contributed by atoms with Gasteiger partial charge in [0.2, 0.25) is 5.91 Å². The zero-order valence-electron chi connectivity index (χ0n) is 15.9. The van der Waals surface area contributed by atoms with Crippen molar-refractivity contribution in [2.45, 2.75) is 38.9 Å². The Morgan fingerprint density at radius 1 is 1.31 bits per heavy atom. The summed E-state index contributed by atoms with van der Waals surface area (Å²) in [7, 11) is 0. The van der Waals surface area contributed by atoms with Gasteiger partial charge in [0.25, 0.3) is 11.8 Å². The van der Waals surface area contributed by atoms with Gasteiger partial charge >= 0.3 is 6.18 Å². The van der Waals surface area contributed by atoms with Crippen molar-refractivity contribution in [3.8, 4) is 5.75 Å². The van der Waals surface area contributed by atoms with Gasteiger partial charge in [-0.15, -0.1) is 0 Å². The summed E-state index contributed by atoms with van der Waals surface area (Å²) >= 11 is 0. The number of anilines is 1. The molecule has 2 heterocycles. The van der Waals surface area contributed by atoms with Crippen LogP contribution in [0.2, 0.25) is 0 Å². The van der Waals surface area contributed by atoms with Crippen LogP contribution in [0.15, 0.2) is 12.3 Å². The van der Waals surface area contributed by atoms with E-state index in [1.807, 2.05) is 0 Å². The average molecular weight is 424 g/mol. The molecule has 1 fully saturated rings. The Balaban J connectivity index is 2.31. The van der Waals surface area contributed by atoms with Crippen LogP contribution < -0.4 is 20.7 Å². The monoisotopic (exact) mass is 424 g/mol. The molecule has 1 aliphatic rings. The summed E-state index contributed by atoms with van der Waals surface area (Å²) in [6, 6.07) is -0.111. The first-order chi connectivity index (χ1) is 13.1. The van der Waals surface area contributed by atoms with Crippen LogP contribution in [0.1, 0.15) is 31.3 Å². The molecule has 0 spiro atoms. The molecule has 1 aromatic heterocycles. The van der Waals surface area contributed by atoms with Crippen LogP contribution in [0.5, 0.6) is 5.75 Å². The Bertz CT molecular complexity index is 784. The average Bonchev–Trinajstić information content (AvgIpc) is 2.53. The van der Waals surface area contributed by atoms with E-state index in [9.17, 15) is 31.5 Å². The molecule has 162 valence electrons. The van der Waals surface area contributed by atoms with Gasteiger partial charge in [0.1, 0.15) is 6.04 Å². The highest BCUT2D eigenvalue weighted by Crippen LogP contribution is 2.34. The van der Waals surface area contributed by atoms with E-state index in [2.05, 4.69) is 15.0 Å². The molecule has 1 aliphatic heterocycles. The summed E-state index contributed by atoms with van der Waals surface area (Å²) < 4.78 is 68.5. The van der Waals surface area contributed by atoms with E-state index < -0.39 is 66.5 Å². The fourth-order valence-corrected chi connectivity index (χ4v) is 2.66. The number of amides is 2. The fourth-order valence-electron chi connectivity index (χ4n) is 2.66. The maximum atomic E-state index is 13.1. The van der Waals surface area contributed by atoms with E-state index in [-0.39, 0.29) is 5.69 Å². The minimum Gasteiger partial charge on any atom is -0.482 e. The van der Waals surface area contributed by atoms with Gasteiger partial charge in [0.05, 0.1) is 25.0 Å². The van der Waals surface area contributed by atoms with E-state index >= 15 is 0 Å². The summed E-state index contributed by atoms with van der Waals surface area (Å²) in [6.45, 7) is 1.91. The molecule has 0 aliphatic carbocycles. The number of halogens is 5. The second-order valence-electron chi connectivity index (χ2n) is 7.83. The maximum Gasteiger partial charge on any atom is 0.422 e. The number of rotatable bonds is 6. The van der Waals surface area contributed by atoms with Crippen molar-refractivity contribution in [2.24, 2.45) is 11.1 Å². The summed E-state index contributed by atoms with van der Waals surface area (Å²) in [5.74, 6) is -5.29. The number of nitrogens with one attached hydrogen (secondary N) is 1. The van der Waals surface area contributed by atoms with Crippen molar-refractivity contribution < 1.29 is 36.3 Å². The number of ether oxygens (including phenoxy) is 1. The number of primary amides is 1. The zero-order chi connectivity index (χ0) is 22.2.